The summed E-state index contributed by atoms with van der Waals surface area (Å²) in [7, 11) is -1.55. The zero-order chi connectivity index (χ0) is 9.53. The summed E-state index contributed by atoms with van der Waals surface area (Å²) in [6.07, 6.45) is 6.75. The smallest absolute Gasteiger partial charge is 0.211 e. The first-order chi connectivity index (χ1) is 6.05. The van der Waals surface area contributed by atoms with Crippen molar-refractivity contribution in [1.82, 2.24) is 0 Å². The maximum absolute atomic E-state index is 6.35. The average Bonchev–Trinajstić information content (AvgIpc) is 2.62. The van der Waals surface area contributed by atoms with E-state index in [4.69, 9.17) is 4.43 Å². The number of fused-ring (bicyclic) bond motifs is 2. The van der Waals surface area contributed by atoms with Crippen LogP contribution in [0.15, 0.2) is 12.3 Å². The summed E-state index contributed by atoms with van der Waals surface area (Å²) in [4.78, 5) is 0. The van der Waals surface area contributed by atoms with E-state index in [0.29, 0.717) is 0 Å². The molecule has 0 heterocycles. The molecule has 2 bridgehead atoms. The second-order valence-corrected chi connectivity index (χ2v) is 9.06. The van der Waals surface area contributed by atoms with Crippen LogP contribution in [0.3, 0.4) is 0 Å². The zero-order valence-corrected chi connectivity index (χ0v) is 9.81. The molecular formula is C11H20OSi. The first-order valence-corrected chi connectivity index (χ1v) is 8.38. The monoisotopic (exact) mass is 196 g/mol. The van der Waals surface area contributed by atoms with E-state index in [1.807, 2.05) is 0 Å². The van der Waals surface area contributed by atoms with Crippen LogP contribution < -0.4 is 0 Å². The van der Waals surface area contributed by atoms with Gasteiger partial charge in [-0.05, 0) is 51.1 Å². The van der Waals surface area contributed by atoms with Gasteiger partial charge in [-0.1, -0.05) is 5.70 Å². The van der Waals surface area contributed by atoms with E-state index in [9.17, 15) is 0 Å². The normalized spacial score (nSPS) is 38.2. The van der Waals surface area contributed by atoms with E-state index in [-0.39, 0.29) is 5.60 Å². The second-order valence-electron chi connectivity index (χ2n) is 5.24. The molecule has 0 N–H and O–H groups in total. The molecule has 0 aromatic rings. The first kappa shape index (κ1) is 9.47. The van der Waals surface area contributed by atoms with Gasteiger partial charge in [0.05, 0.1) is 5.60 Å². The molecule has 1 nitrogen and oxygen atoms in total. The second kappa shape index (κ2) is 2.96. The molecule has 74 valence electrons. The summed E-state index contributed by atoms with van der Waals surface area (Å²) in [5.41, 5.74) is 2.35. The Bertz CT molecular complexity index is 214. The molecule has 0 amide bonds. The molecule has 2 heteroatoms. The van der Waals surface area contributed by atoms with Gasteiger partial charge in [0.2, 0.25) is 8.32 Å². The van der Waals surface area contributed by atoms with Gasteiger partial charge in [-0.25, -0.2) is 0 Å². The third-order valence-electron chi connectivity index (χ3n) is 3.65. The van der Waals surface area contributed by atoms with Crippen LogP contribution in [0.25, 0.3) is 0 Å². The summed E-state index contributed by atoms with van der Waals surface area (Å²) in [5.74, 6) is 0.981. The Labute approximate surface area is 82.3 Å². The van der Waals surface area contributed by atoms with Crippen molar-refractivity contribution in [3.63, 3.8) is 0 Å². The third kappa shape index (κ3) is 1.74. The fraction of sp³-hybridized carbons (Fsp3) is 0.818. The predicted octanol–water partition coefficient (Wildman–Crippen LogP) is 3.27. The zero-order valence-electron chi connectivity index (χ0n) is 8.81. The van der Waals surface area contributed by atoms with Gasteiger partial charge in [0.25, 0.3) is 0 Å². The highest BCUT2D eigenvalue weighted by Gasteiger charge is 2.47. The van der Waals surface area contributed by atoms with Gasteiger partial charge in [0.15, 0.2) is 0 Å². The van der Waals surface area contributed by atoms with E-state index in [1.165, 1.54) is 32.1 Å². The van der Waals surface area contributed by atoms with Gasteiger partial charge in [-0.2, -0.15) is 0 Å². The Morgan fingerprint density at radius 1 is 1.38 bits per heavy atom. The molecule has 0 aromatic heterocycles. The van der Waals surface area contributed by atoms with Crippen molar-refractivity contribution < 1.29 is 4.43 Å². The molecule has 0 saturated heterocycles. The summed E-state index contributed by atoms with van der Waals surface area (Å²) in [5, 5.41) is 0. The standard InChI is InChI=1S/C11H20OSi/c1-4-13(2,3)12-11-7-5-10(9-11)6-8-11/h4,10H,1,5-9H2,2-3H3. The van der Waals surface area contributed by atoms with Gasteiger partial charge in [-0.3, -0.25) is 0 Å². The fourth-order valence-electron chi connectivity index (χ4n) is 2.88. The van der Waals surface area contributed by atoms with E-state index < -0.39 is 8.32 Å². The summed E-state index contributed by atoms with van der Waals surface area (Å²) in [6, 6.07) is 0. The van der Waals surface area contributed by atoms with E-state index >= 15 is 0 Å². The molecule has 0 aromatic carbocycles. The van der Waals surface area contributed by atoms with E-state index in [1.54, 1.807) is 0 Å². The molecule has 2 saturated carbocycles. The molecule has 2 aliphatic rings. The molecule has 0 unspecified atom stereocenters. The Kier molecular flexibility index (Phi) is 2.15. The van der Waals surface area contributed by atoms with Crippen molar-refractivity contribution in [1.29, 1.82) is 0 Å². The molecule has 2 fully saturated rings. The topological polar surface area (TPSA) is 9.23 Å². The van der Waals surface area contributed by atoms with Gasteiger partial charge >= 0.3 is 0 Å². The molecule has 0 spiro atoms. The Hall–Kier alpha value is -0.0831. The minimum absolute atomic E-state index is 0.286. The highest BCUT2D eigenvalue weighted by atomic mass is 28.4. The molecule has 2 aliphatic carbocycles. The highest BCUT2D eigenvalue weighted by Crippen LogP contribution is 2.51. The molecule has 0 atom stereocenters. The largest absolute Gasteiger partial charge is 0.408 e. The lowest BCUT2D eigenvalue weighted by Gasteiger charge is -2.34. The summed E-state index contributed by atoms with van der Waals surface area (Å²) < 4.78 is 6.35. The Morgan fingerprint density at radius 3 is 2.38 bits per heavy atom. The van der Waals surface area contributed by atoms with Crippen LogP contribution in [0.5, 0.6) is 0 Å². The minimum atomic E-state index is -1.55. The number of rotatable bonds is 3. The number of hydrogen-bond donors (Lipinski definition) is 0. The van der Waals surface area contributed by atoms with Crippen molar-refractivity contribution in [3.8, 4) is 0 Å². The van der Waals surface area contributed by atoms with Crippen LogP contribution >= 0.6 is 0 Å². The van der Waals surface area contributed by atoms with E-state index in [2.05, 4.69) is 25.4 Å². The third-order valence-corrected chi connectivity index (χ3v) is 5.59. The molecular weight excluding hydrogens is 176 g/mol. The van der Waals surface area contributed by atoms with Gasteiger partial charge < -0.3 is 4.43 Å². The van der Waals surface area contributed by atoms with Crippen molar-refractivity contribution in [2.45, 2.75) is 50.8 Å². The van der Waals surface area contributed by atoms with E-state index in [0.717, 1.165) is 5.92 Å². The quantitative estimate of drug-likeness (QED) is 0.630. The lowest BCUT2D eigenvalue weighted by atomic mass is 9.98. The minimum Gasteiger partial charge on any atom is -0.408 e. The summed E-state index contributed by atoms with van der Waals surface area (Å²) >= 11 is 0. The van der Waals surface area contributed by atoms with Crippen LogP contribution in [0, 0.1) is 5.92 Å². The Balaban J connectivity index is 2.05. The molecule has 0 aliphatic heterocycles. The highest BCUT2D eigenvalue weighted by molar-refractivity contribution is 6.76. The van der Waals surface area contributed by atoms with Crippen molar-refractivity contribution in [2.24, 2.45) is 5.92 Å². The van der Waals surface area contributed by atoms with Crippen LogP contribution in [-0.2, 0) is 4.43 Å². The lowest BCUT2D eigenvalue weighted by molar-refractivity contribution is 0.0738. The van der Waals surface area contributed by atoms with Crippen LogP contribution in [-0.4, -0.2) is 13.9 Å². The fourth-order valence-corrected chi connectivity index (χ4v) is 4.37. The lowest BCUT2D eigenvalue weighted by Crippen LogP contribution is -2.40. The van der Waals surface area contributed by atoms with Gasteiger partial charge in [0.1, 0.15) is 0 Å². The SMILES string of the molecule is C=C[Si](C)(C)OC12CCC(CC1)C2. The van der Waals surface area contributed by atoms with Crippen molar-refractivity contribution in [2.75, 3.05) is 0 Å². The van der Waals surface area contributed by atoms with Crippen molar-refractivity contribution in [3.05, 3.63) is 12.3 Å². The van der Waals surface area contributed by atoms with Crippen LogP contribution in [0.4, 0.5) is 0 Å². The average molecular weight is 196 g/mol. The Morgan fingerprint density at radius 2 is 2.00 bits per heavy atom. The number of hydrogen-bond acceptors (Lipinski definition) is 1. The maximum Gasteiger partial charge on any atom is 0.211 e. The van der Waals surface area contributed by atoms with Gasteiger partial charge in [-0.15, -0.1) is 6.58 Å². The molecule has 13 heavy (non-hydrogen) atoms. The van der Waals surface area contributed by atoms with Gasteiger partial charge in [0, 0.05) is 0 Å². The first-order valence-electron chi connectivity index (χ1n) is 5.39. The predicted molar refractivity (Wildman–Crippen MR) is 58.1 cm³/mol. The maximum atomic E-state index is 6.35. The molecule has 2 rings (SSSR count). The van der Waals surface area contributed by atoms with Crippen molar-refractivity contribution >= 4 is 8.32 Å². The van der Waals surface area contributed by atoms with Crippen LogP contribution in [0.2, 0.25) is 13.1 Å². The van der Waals surface area contributed by atoms with Crippen LogP contribution in [0.1, 0.15) is 32.1 Å². The molecule has 0 radical (unpaired) electrons. The summed E-state index contributed by atoms with van der Waals surface area (Å²) in [6.45, 7) is 8.39.